The van der Waals surface area contributed by atoms with Crippen molar-refractivity contribution < 1.29 is 14.3 Å². The molecule has 1 heterocycles. The van der Waals surface area contributed by atoms with Crippen molar-refractivity contribution in [2.24, 2.45) is 0 Å². The van der Waals surface area contributed by atoms with Gasteiger partial charge in [-0.05, 0) is 32.0 Å². The number of rotatable bonds is 4. The van der Waals surface area contributed by atoms with E-state index in [0.717, 1.165) is 4.47 Å². The molecule has 96 valence electrons. The van der Waals surface area contributed by atoms with E-state index in [9.17, 15) is 9.59 Å². The Labute approximate surface area is 114 Å². The van der Waals surface area contributed by atoms with E-state index in [1.165, 1.54) is 4.90 Å². The van der Waals surface area contributed by atoms with Gasteiger partial charge in [0.15, 0.2) is 0 Å². The zero-order chi connectivity index (χ0) is 13.3. The van der Waals surface area contributed by atoms with Crippen LogP contribution in [-0.4, -0.2) is 30.9 Å². The lowest BCUT2D eigenvalue weighted by atomic mass is 10.1. The van der Waals surface area contributed by atoms with Crippen LogP contribution < -0.4 is 4.90 Å². The maximum atomic E-state index is 11.9. The summed E-state index contributed by atoms with van der Waals surface area (Å²) in [6.07, 6.45) is 0.114. The van der Waals surface area contributed by atoms with E-state index in [0.29, 0.717) is 24.4 Å². The summed E-state index contributed by atoms with van der Waals surface area (Å²) in [6.45, 7) is 4.69. The minimum atomic E-state index is -0.476. The number of benzene rings is 1. The molecule has 1 aliphatic rings. The average Bonchev–Trinajstić information content (AvgIpc) is 2.54. The first-order valence-corrected chi connectivity index (χ1v) is 6.57. The Morgan fingerprint density at radius 2 is 2.06 bits per heavy atom. The molecule has 0 atom stereocenters. The molecular formula is C13H14BrNO3. The molecule has 1 aliphatic heterocycles. The fourth-order valence-corrected chi connectivity index (χ4v) is 2.24. The van der Waals surface area contributed by atoms with Crippen molar-refractivity contribution in [2.75, 3.05) is 18.1 Å². The third kappa shape index (κ3) is 2.47. The number of hydrogen-bond acceptors (Lipinski definition) is 3. The lowest BCUT2D eigenvalue weighted by Gasteiger charge is -2.17. The molecule has 0 N–H and O–H groups in total. The molecule has 0 saturated carbocycles. The number of nitrogens with zero attached hydrogens (tertiary/aromatic N) is 1. The van der Waals surface area contributed by atoms with Gasteiger partial charge >= 0.3 is 0 Å². The molecule has 0 radical (unpaired) electrons. The van der Waals surface area contributed by atoms with Crippen molar-refractivity contribution >= 4 is 33.3 Å². The fourth-order valence-electron chi connectivity index (χ4n) is 1.87. The molecule has 0 aliphatic carbocycles. The second-order valence-corrected chi connectivity index (χ2v) is 5.28. The van der Waals surface area contributed by atoms with E-state index in [1.807, 2.05) is 19.9 Å². The predicted molar refractivity (Wildman–Crippen MR) is 71.9 cm³/mol. The molecule has 0 fully saturated rings. The number of ether oxygens (including phenoxy) is 1. The number of carbonyl (C=O) groups is 2. The largest absolute Gasteiger partial charge is 0.377 e. The van der Waals surface area contributed by atoms with Crippen LogP contribution in [-0.2, 0) is 9.53 Å². The van der Waals surface area contributed by atoms with Crippen LogP contribution in [0.5, 0.6) is 0 Å². The van der Waals surface area contributed by atoms with Gasteiger partial charge in [-0.15, -0.1) is 0 Å². The second kappa shape index (κ2) is 5.20. The van der Waals surface area contributed by atoms with Crippen LogP contribution in [0.15, 0.2) is 22.7 Å². The average molecular weight is 312 g/mol. The number of ketones is 1. The minimum Gasteiger partial charge on any atom is -0.377 e. The quantitative estimate of drug-likeness (QED) is 0.802. The highest BCUT2D eigenvalue weighted by molar-refractivity contribution is 9.10. The van der Waals surface area contributed by atoms with Gasteiger partial charge in [-0.3, -0.25) is 9.59 Å². The minimum absolute atomic E-state index is 0.114. The van der Waals surface area contributed by atoms with Gasteiger partial charge in [0.05, 0.1) is 24.0 Å². The Balaban J connectivity index is 2.18. The summed E-state index contributed by atoms with van der Waals surface area (Å²) in [6, 6.07) is 5.28. The number of anilines is 1. The van der Waals surface area contributed by atoms with Crippen LogP contribution >= 0.6 is 15.9 Å². The molecule has 1 aromatic carbocycles. The molecule has 4 nitrogen and oxygen atoms in total. The van der Waals surface area contributed by atoms with Crippen molar-refractivity contribution in [1.29, 1.82) is 0 Å². The fraction of sp³-hybridized carbons (Fsp3) is 0.385. The summed E-state index contributed by atoms with van der Waals surface area (Å²) in [4.78, 5) is 25.1. The molecule has 0 saturated heterocycles. The SMILES string of the molecule is CC(C)OCCN1C(=O)C(=O)c2cc(Br)ccc21. The van der Waals surface area contributed by atoms with Gasteiger partial charge < -0.3 is 9.64 Å². The maximum absolute atomic E-state index is 11.9. The zero-order valence-electron chi connectivity index (χ0n) is 10.3. The highest BCUT2D eigenvalue weighted by atomic mass is 79.9. The number of halogens is 1. The number of fused-ring (bicyclic) bond motifs is 1. The van der Waals surface area contributed by atoms with Gasteiger partial charge in [-0.25, -0.2) is 0 Å². The van der Waals surface area contributed by atoms with Crippen LogP contribution in [0.1, 0.15) is 24.2 Å². The number of carbonyl (C=O) groups excluding carboxylic acids is 2. The highest BCUT2D eigenvalue weighted by Crippen LogP contribution is 2.30. The number of hydrogen-bond donors (Lipinski definition) is 0. The van der Waals surface area contributed by atoms with E-state index in [2.05, 4.69) is 15.9 Å². The Morgan fingerprint density at radius 1 is 1.33 bits per heavy atom. The smallest absolute Gasteiger partial charge is 0.299 e. The summed E-state index contributed by atoms with van der Waals surface area (Å²) >= 11 is 3.30. The zero-order valence-corrected chi connectivity index (χ0v) is 11.9. The first kappa shape index (κ1) is 13.2. The molecule has 2 rings (SSSR count). The van der Waals surface area contributed by atoms with Crippen LogP contribution in [0.4, 0.5) is 5.69 Å². The van der Waals surface area contributed by atoms with E-state index in [4.69, 9.17) is 4.74 Å². The Morgan fingerprint density at radius 3 is 2.72 bits per heavy atom. The van der Waals surface area contributed by atoms with Gasteiger partial charge in [0.2, 0.25) is 0 Å². The maximum Gasteiger partial charge on any atom is 0.299 e. The second-order valence-electron chi connectivity index (χ2n) is 4.37. The molecule has 0 unspecified atom stereocenters. The Hall–Kier alpha value is -1.20. The molecule has 0 aromatic heterocycles. The van der Waals surface area contributed by atoms with Crippen molar-refractivity contribution in [3.05, 3.63) is 28.2 Å². The van der Waals surface area contributed by atoms with Gasteiger partial charge in [0.25, 0.3) is 11.7 Å². The van der Waals surface area contributed by atoms with Crippen LogP contribution in [0.2, 0.25) is 0 Å². The molecule has 0 spiro atoms. The monoisotopic (exact) mass is 311 g/mol. The Kier molecular flexibility index (Phi) is 3.82. The molecular weight excluding hydrogens is 298 g/mol. The first-order chi connectivity index (χ1) is 8.50. The van der Waals surface area contributed by atoms with E-state index in [-0.39, 0.29) is 6.10 Å². The molecule has 1 aromatic rings. The number of Topliss-reactive ketones (excluding diaryl/α,β-unsaturated/α-hetero) is 1. The third-order valence-corrected chi connectivity index (χ3v) is 3.19. The standard InChI is InChI=1S/C13H14BrNO3/c1-8(2)18-6-5-15-11-4-3-9(14)7-10(11)12(16)13(15)17/h3-4,7-8H,5-6H2,1-2H3. The summed E-state index contributed by atoms with van der Waals surface area (Å²) in [5, 5.41) is 0. The summed E-state index contributed by atoms with van der Waals surface area (Å²) in [5.74, 6) is -0.925. The number of amides is 1. The van der Waals surface area contributed by atoms with E-state index >= 15 is 0 Å². The van der Waals surface area contributed by atoms with Gasteiger partial charge in [-0.1, -0.05) is 15.9 Å². The van der Waals surface area contributed by atoms with Crippen LogP contribution in [0, 0.1) is 0 Å². The molecule has 0 bridgehead atoms. The van der Waals surface area contributed by atoms with Gasteiger partial charge in [0, 0.05) is 11.0 Å². The lowest BCUT2D eigenvalue weighted by Crippen LogP contribution is -2.33. The topological polar surface area (TPSA) is 46.6 Å². The van der Waals surface area contributed by atoms with Crippen LogP contribution in [0.25, 0.3) is 0 Å². The molecule has 1 amide bonds. The molecule has 18 heavy (non-hydrogen) atoms. The van der Waals surface area contributed by atoms with E-state index in [1.54, 1.807) is 12.1 Å². The third-order valence-electron chi connectivity index (χ3n) is 2.70. The summed E-state index contributed by atoms with van der Waals surface area (Å²) in [7, 11) is 0. The van der Waals surface area contributed by atoms with Gasteiger partial charge in [-0.2, -0.15) is 0 Å². The van der Waals surface area contributed by atoms with E-state index < -0.39 is 11.7 Å². The van der Waals surface area contributed by atoms with Crippen molar-refractivity contribution in [1.82, 2.24) is 0 Å². The normalized spacial score (nSPS) is 14.6. The van der Waals surface area contributed by atoms with Crippen molar-refractivity contribution in [2.45, 2.75) is 20.0 Å². The lowest BCUT2D eigenvalue weighted by molar-refractivity contribution is -0.114. The van der Waals surface area contributed by atoms with Crippen LogP contribution in [0.3, 0.4) is 0 Å². The molecule has 5 heteroatoms. The summed E-state index contributed by atoms with van der Waals surface area (Å²) in [5.41, 5.74) is 1.12. The van der Waals surface area contributed by atoms with Crippen molar-refractivity contribution in [3.8, 4) is 0 Å². The Bertz CT molecular complexity index is 499. The van der Waals surface area contributed by atoms with Gasteiger partial charge in [0.1, 0.15) is 0 Å². The first-order valence-electron chi connectivity index (χ1n) is 5.78. The van der Waals surface area contributed by atoms with Crippen molar-refractivity contribution in [3.63, 3.8) is 0 Å². The highest BCUT2D eigenvalue weighted by Gasteiger charge is 2.35. The summed E-state index contributed by atoms with van der Waals surface area (Å²) < 4.78 is 6.21. The predicted octanol–water partition coefficient (Wildman–Crippen LogP) is 2.40.